The van der Waals surface area contributed by atoms with Crippen LogP contribution in [0.4, 0.5) is 0 Å². The van der Waals surface area contributed by atoms with Crippen molar-refractivity contribution in [1.29, 1.82) is 0 Å². The molecule has 1 unspecified atom stereocenters. The summed E-state index contributed by atoms with van der Waals surface area (Å²) in [6.45, 7) is 2.56. The van der Waals surface area contributed by atoms with E-state index in [9.17, 15) is 4.79 Å². The molecule has 1 aliphatic heterocycles. The second-order valence-electron chi connectivity index (χ2n) is 3.68. The molecule has 1 atom stereocenters. The first-order valence-electron chi connectivity index (χ1n) is 4.96. The molecule has 1 aliphatic rings. The third-order valence-electron chi connectivity index (χ3n) is 2.66. The summed E-state index contributed by atoms with van der Waals surface area (Å²) in [7, 11) is 0. The van der Waals surface area contributed by atoms with Crippen molar-refractivity contribution in [2.45, 2.75) is 12.8 Å². The lowest BCUT2D eigenvalue weighted by Gasteiger charge is -2.13. The number of hydrogen-bond donors (Lipinski definition) is 1. The van der Waals surface area contributed by atoms with E-state index in [0.717, 1.165) is 5.56 Å². The van der Waals surface area contributed by atoms with Gasteiger partial charge in [0.1, 0.15) is 0 Å². The number of carbonyl (C=O) groups is 1. The summed E-state index contributed by atoms with van der Waals surface area (Å²) in [5, 5.41) is 0.370. The lowest BCUT2D eigenvalue weighted by atomic mass is 9.98. The zero-order valence-corrected chi connectivity index (χ0v) is 9.58. The highest BCUT2D eigenvalue weighted by molar-refractivity contribution is 6.33. The molecule has 0 saturated carbocycles. The number of halogens is 1. The topological polar surface area (TPSA) is 61.6 Å². The molecule has 0 bridgehead atoms. The van der Waals surface area contributed by atoms with Crippen molar-refractivity contribution in [1.82, 2.24) is 0 Å². The normalized spacial score (nSPS) is 14.9. The molecule has 1 heterocycles. The first-order valence-corrected chi connectivity index (χ1v) is 5.34. The quantitative estimate of drug-likeness (QED) is 0.822. The Bertz CT molecular complexity index is 434. The number of nitrogens with two attached hydrogens (primary N) is 1. The molecule has 16 heavy (non-hydrogen) atoms. The predicted octanol–water partition coefficient (Wildman–Crippen LogP) is 1.94. The van der Waals surface area contributed by atoms with E-state index in [0.29, 0.717) is 34.9 Å². The van der Waals surface area contributed by atoms with Gasteiger partial charge in [0.25, 0.3) is 0 Å². The minimum atomic E-state index is 0.105. The van der Waals surface area contributed by atoms with Crippen LogP contribution in [0.5, 0.6) is 11.5 Å². The van der Waals surface area contributed by atoms with Crippen molar-refractivity contribution < 1.29 is 14.3 Å². The third-order valence-corrected chi connectivity index (χ3v) is 2.97. The molecule has 1 aromatic carbocycles. The van der Waals surface area contributed by atoms with E-state index < -0.39 is 0 Å². The summed E-state index contributed by atoms with van der Waals surface area (Å²) in [5.41, 5.74) is 6.83. The molecule has 0 aliphatic carbocycles. The van der Waals surface area contributed by atoms with Crippen LogP contribution in [0.25, 0.3) is 0 Å². The van der Waals surface area contributed by atoms with Gasteiger partial charge in [-0.15, -0.1) is 0 Å². The third kappa shape index (κ3) is 1.64. The molecule has 0 radical (unpaired) electrons. The molecule has 0 amide bonds. The van der Waals surface area contributed by atoms with Gasteiger partial charge in [-0.1, -0.05) is 18.5 Å². The zero-order chi connectivity index (χ0) is 11.7. The summed E-state index contributed by atoms with van der Waals surface area (Å²) in [6, 6.07) is 1.72. The average molecular weight is 242 g/mol. The Labute approximate surface area is 98.3 Å². The molecular formula is C11H12ClNO3. The highest BCUT2D eigenvalue weighted by atomic mass is 35.5. The number of carbonyl (C=O) groups excluding carboxylic acids is 1. The van der Waals surface area contributed by atoms with Crippen LogP contribution in [0.15, 0.2) is 6.07 Å². The van der Waals surface area contributed by atoms with Crippen molar-refractivity contribution in [2.24, 2.45) is 5.73 Å². The second kappa shape index (κ2) is 4.31. The van der Waals surface area contributed by atoms with E-state index in [1.165, 1.54) is 0 Å². The van der Waals surface area contributed by atoms with Gasteiger partial charge in [-0.3, -0.25) is 4.79 Å². The van der Waals surface area contributed by atoms with E-state index in [1.54, 1.807) is 6.07 Å². The van der Waals surface area contributed by atoms with Gasteiger partial charge in [-0.05, 0) is 18.5 Å². The minimum Gasteiger partial charge on any atom is -0.453 e. The number of rotatable bonds is 3. The molecule has 0 aromatic heterocycles. The lowest BCUT2D eigenvalue weighted by Crippen LogP contribution is -2.10. The number of ether oxygens (including phenoxy) is 2. The maximum atomic E-state index is 10.9. The van der Waals surface area contributed by atoms with Gasteiger partial charge in [0.15, 0.2) is 17.8 Å². The van der Waals surface area contributed by atoms with Gasteiger partial charge in [0.05, 0.1) is 10.6 Å². The van der Waals surface area contributed by atoms with E-state index in [-0.39, 0.29) is 12.7 Å². The summed E-state index contributed by atoms with van der Waals surface area (Å²) in [4.78, 5) is 10.9. The van der Waals surface area contributed by atoms with Crippen molar-refractivity contribution in [2.75, 3.05) is 13.3 Å². The lowest BCUT2D eigenvalue weighted by molar-refractivity contribution is 0.111. The van der Waals surface area contributed by atoms with Gasteiger partial charge in [-0.2, -0.15) is 0 Å². The van der Waals surface area contributed by atoms with Gasteiger partial charge in [0.2, 0.25) is 6.79 Å². The predicted molar refractivity (Wildman–Crippen MR) is 60.4 cm³/mol. The van der Waals surface area contributed by atoms with Crippen molar-refractivity contribution in [3.05, 3.63) is 22.2 Å². The molecule has 0 fully saturated rings. The summed E-state index contributed by atoms with van der Waals surface area (Å²) in [5.74, 6) is 1.12. The van der Waals surface area contributed by atoms with E-state index in [1.807, 2.05) is 6.92 Å². The van der Waals surface area contributed by atoms with Crippen molar-refractivity contribution in [3.63, 3.8) is 0 Å². The Balaban J connectivity index is 2.61. The Kier molecular flexibility index (Phi) is 3.03. The number of aldehydes is 1. The minimum absolute atomic E-state index is 0.105. The van der Waals surface area contributed by atoms with Gasteiger partial charge in [0, 0.05) is 5.56 Å². The van der Waals surface area contributed by atoms with Gasteiger partial charge < -0.3 is 15.2 Å². The molecule has 5 heteroatoms. The fraction of sp³-hybridized carbons (Fsp3) is 0.364. The first kappa shape index (κ1) is 11.2. The number of benzene rings is 1. The molecule has 0 spiro atoms. The molecular weight excluding hydrogens is 230 g/mol. The van der Waals surface area contributed by atoms with E-state index >= 15 is 0 Å². The fourth-order valence-corrected chi connectivity index (χ4v) is 1.93. The van der Waals surface area contributed by atoms with Gasteiger partial charge >= 0.3 is 0 Å². The summed E-state index contributed by atoms with van der Waals surface area (Å²) >= 11 is 6.01. The van der Waals surface area contributed by atoms with Crippen molar-refractivity contribution in [3.8, 4) is 11.5 Å². The molecule has 1 aromatic rings. The average Bonchev–Trinajstić information content (AvgIpc) is 2.75. The van der Waals surface area contributed by atoms with Crippen LogP contribution in [-0.4, -0.2) is 19.6 Å². The standard InChI is InChI=1S/C11H12ClNO3/c1-6(3-13)7-2-9(12)8(4-14)11-10(7)15-5-16-11/h2,4,6H,3,5,13H2,1H3. The zero-order valence-electron chi connectivity index (χ0n) is 8.83. The molecule has 0 saturated heterocycles. The van der Waals surface area contributed by atoms with Crippen LogP contribution in [-0.2, 0) is 0 Å². The molecule has 86 valence electrons. The second-order valence-corrected chi connectivity index (χ2v) is 4.09. The maximum absolute atomic E-state index is 10.9. The SMILES string of the molecule is CC(CN)c1cc(Cl)c(C=O)c2c1OCO2. The Morgan fingerprint density at radius 2 is 2.25 bits per heavy atom. The fourth-order valence-electron chi connectivity index (χ4n) is 1.68. The molecule has 2 N–H and O–H groups in total. The summed E-state index contributed by atoms with van der Waals surface area (Å²) < 4.78 is 10.6. The highest BCUT2D eigenvalue weighted by Gasteiger charge is 2.26. The Morgan fingerprint density at radius 1 is 1.56 bits per heavy atom. The number of hydrogen-bond acceptors (Lipinski definition) is 4. The van der Waals surface area contributed by atoms with Crippen LogP contribution in [0.1, 0.15) is 28.8 Å². The Morgan fingerprint density at radius 3 is 2.88 bits per heavy atom. The van der Waals surface area contributed by atoms with E-state index in [2.05, 4.69) is 0 Å². The van der Waals surface area contributed by atoms with Crippen molar-refractivity contribution >= 4 is 17.9 Å². The highest BCUT2D eigenvalue weighted by Crippen LogP contribution is 2.44. The maximum Gasteiger partial charge on any atom is 0.231 e. The molecule has 2 rings (SSSR count). The number of fused-ring (bicyclic) bond motifs is 1. The van der Waals surface area contributed by atoms with Gasteiger partial charge in [-0.25, -0.2) is 0 Å². The largest absolute Gasteiger partial charge is 0.453 e. The summed E-state index contributed by atoms with van der Waals surface area (Å²) in [6.07, 6.45) is 0.673. The van der Waals surface area contributed by atoms with Crippen LogP contribution < -0.4 is 15.2 Å². The first-order chi connectivity index (χ1) is 7.69. The van der Waals surface area contributed by atoms with E-state index in [4.69, 9.17) is 26.8 Å². The van der Waals surface area contributed by atoms with Crippen LogP contribution >= 0.6 is 11.6 Å². The smallest absolute Gasteiger partial charge is 0.231 e. The monoisotopic (exact) mass is 241 g/mol. The van der Waals surface area contributed by atoms with Crippen LogP contribution in [0.3, 0.4) is 0 Å². The Hall–Kier alpha value is -1.26. The molecule has 4 nitrogen and oxygen atoms in total. The van der Waals surface area contributed by atoms with Crippen LogP contribution in [0.2, 0.25) is 5.02 Å². The van der Waals surface area contributed by atoms with Crippen LogP contribution in [0, 0.1) is 0 Å².